The molecule has 4 nitrogen and oxygen atoms in total. The van der Waals surface area contributed by atoms with Gasteiger partial charge in [0.1, 0.15) is 5.52 Å². The number of aromatic nitrogens is 2. The lowest BCUT2D eigenvalue weighted by atomic mass is 10.0. The van der Waals surface area contributed by atoms with E-state index in [1.807, 2.05) is 30.3 Å². The Morgan fingerprint density at radius 2 is 1.08 bits per heavy atom. The van der Waals surface area contributed by atoms with Crippen molar-refractivity contribution in [1.82, 2.24) is 9.55 Å². The molecule has 240 valence electrons. The van der Waals surface area contributed by atoms with E-state index in [4.69, 9.17) is 9.40 Å². The predicted octanol–water partition coefficient (Wildman–Crippen LogP) is 12.9. The molecule has 0 N–H and O–H groups in total. The Bertz CT molecular complexity index is 2850. The first-order valence-corrected chi connectivity index (χ1v) is 17.2. The van der Waals surface area contributed by atoms with Crippen LogP contribution in [-0.2, 0) is 0 Å². The molecule has 0 aliphatic rings. The molecule has 0 aliphatic carbocycles. The number of oxazole rings is 1. The summed E-state index contributed by atoms with van der Waals surface area (Å²) >= 11 is 0. The maximum atomic E-state index is 6.79. The Balaban J connectivity index is 1.27. The molecule has 2 heterocycles. The van der Waals surface area contributed by atoms with Crippen molar-refractivity contribution < 1.29 is 4.42 Å². The topological polar surface area (TPSA) is 34.2 Å². The molecule has 0 radical (unpaired) electrons. The van der Waals surface area contributed by atoms with E-state index in [9.17, 15) is 0 Å². The van der Waals surface area contributed by atoms with Gasteiger partial charge in [-0.05, 0) is 83.2 Å². The van der Waals surface area contributed by atoms with Crippen molar-refractivity contribution in [2.45, 2.75) is 0 Å². The van der Waals surface area contributed by atoms with Gasteiger partial charge in [-0.1, -0.05) is 121 Å². The lowest BCUT2D eigenvalue weighted by Gasteiger charge is -2.26. The Hall–Kier alpha value is -6.91. The number of hydrogen-bond donors (Lipinski definition) is 0. The van der Waals surface area contributed by atoms with Gasteiger partial charge in [-0.15, -0.1) is 0 Å². The van der Waals surface area contributed by atoms with Crippen LogP contribution in [0, 0.1) is 0 Å². The molecule has 0 bridgehead atoms. The third kappa shape index (κ3) is 4.88. The van der Waals surface area contributed by atoms with Crippen LogP contribution >= 0.6 is 0 Å². The highest BCUT2D eigenvalue weighted by Crippen LogP contribution is 2.45. The van der Waals surface area contributed by atoms with Crippen molar-refractivity contribution in [3.63, 3.8) is 0 Å². The quantitative estimate of drug-likeness (QED) is 0.179. The minimum absolute atomic E-state index is 0.600. The van der Waals surface area contributed by atoms with Gasteiger partial charge in [-0.25, -0.2) is 4.98 Å². The van der Waals surface area contributed by atoms with Gasteiger partial charge >= 0.3 is 0 Å². The summed E-state index contributed by atoms with van der Waals surface area (Å²) in [5.41, 5.74) is 11.3. The molecule has 4 heteroatoms. The molecular formula is C47H31N3O. The van der Waals surface area contributed by atoms with Crippen molar-refractivity contribution in [1.29, 1.82) is 0 Å². The van der Waals surface area contributed by atoms with Gasteiger partial charge in [0.05, 0.1) is 16.7 Å². The minimum atomic E-state index is 0.600. The van der Waals surface area contributed by atoms with Crippen LogP contribution in [0.25, 0.3) is 71.9 Å². The van der Waals surface area contributed by atoms with E-state index in [0.717, 1.165) is 66.8 Å². The normalized spacial score (nSPS) is 11.5. The summed E-state index contributed by atoms with van der Waals surface area (Å²) < 4.78 is 9.15. The lowest BCUT2D eigenvalue weighted by Crippen LogP contribution is -2.10. The van der Waals surface area contributed by atoms with E-state index < -0.39 is 0 Å². The summed E-state index contributed by atoms with van der Waals surface area (Å²) in [6, 6.07) is 66.2. The van der Waals surface area contributed by atoms with Crippen LogP contribution in [-0.4, -0.2) is 9.55 Å². The van der Waals surface area contributed by atoms with Crippen LogP contribution in [0.15, 0.2) is 192 Å². The predicted molar refractivity (Wildman–Crippen MR) is 211 cm³/mol. The molecule has 0 spiro atoms. The van der Waals surface area contributed by atoms with Crippen molar-refractivity contribution in [3.8, 4) is 28.3 Å². The first-order valence-electron chi connectivity index (χ1n) is 17.2. The first kappa shape index (κ1) is 29.0. The van der Waals surface area contributed by atoms with E-state index in [2.05, 4.69) is 167 Å². The highest BCUT2D eigenvalue weighted by atomic mass is 16.3. The third-order valence-electron chi connectivity index (χ3n) is 9.77. The second kappa shape index (κ2) is 11.9. The van der Waals surface area contributed by atoms with Crippen LogP contribution in [0.1, 0.15) is 0 Å². The summed E-state index contributed by atoms with van der Waals surface area (Å²) in [5, 5.41) is 4.53. The molecule has 0 saturated carbocycles. The fourth-order valence-electron chi connectivity index (χ4n) is 7.44. The van der Waals surface area contributed by atoms with Gasteiger partial charge < -0.3 is 13.9 Å². The fraction of sp³-hybridized carbons (Fsp3) is 0. The molecule has 0 unspecified atom stereocenters. The van der Waals surface area contributed by atoms with Crippen molar-refractivity contribution in [2.24, 2.45) is 0 Å². The number of nitrogens with zero attached hydrogens (tertiary/aromatic N) is 3. The molecule has 10 rings (SSSR count). The number of fused-ring (bicyclic) bond motifs is 6. The summed E-state index contributed by atoms with van der Waals surface area (Å²) in [4.78, 5) is 7.47. The van der Waals surface area contributed by atoms with Gasteiger partial charge in [-0.2, -0.15) is 0 Å². The Labute approximate surface area is 295 Å². The smallest absolute Gasteiger partial charge is 0.227 e. The SMILES string of the molecule is c1ccc(-c2cccc(N(c3ccc4c(c3)c3ccccc3n4-c3ccccc3)c3cc4ccccc4c4nc(-c5ccccc5)oc34)c2)cc1. The molecule has 0 saturated heterocycles. The standard InChI is InChI=1S/C47H31N3O/c1-4-15-32(16-5-1)34-20-14-23-37(29-34)49(38-27-28-43-41(31-38)40-25-12-13-26-42(40)50(43)36-21-8-3-9-22-36)44-30-35-19-10-11-24-39(35)45-46(44)51-47(48-45)33-17-6-2-7-18-33/h1-31H. The van der Waals surface area contributed by atoms with Gasteiger partial charge in [0, 0.05) is 38.8 Å². The van der Waals surface area contributed by atoms with Crippen LogP contribution in [0.4, 0.5) is 17.1 Å². The van der Waals surface area contributed by atoms with Crippen LogP contribution in [0.2, 0.25) is 0 Å². The molecule has 0 aliphatic heterocycles. The van der Waals surface area contributed by atoms with Gasteiger partial charge in [0.2, 0.25) is 5.89 Å². The van der Waals surface area contributed by atoms with Crippen molar-refractivity contribution in [3.05, 3.63) is 188 Å². The van der Waals surface area contributed by atoms with Gasteiger partial charge in [-0.3, -0.25) is 0 Å². The Morgan fingerprint density at radius 3 is 1.88 bits per heavy atom. The van der Waals surface area contributed by atoms with Crippen molar-refractivity contribution >= 4 is 60.7 Å². The summed E-state index contributed by atoms with van der Waals surface area (Å²) in [7, 11) is 0. The average molecular weight is 654 g/mol. The Morgan fingerprint density at radius 1 is 0.451 bits per heavy atom. The second-order valence-corrected chi connectivity index (χ2v) is 12.8. The van der Waals surface area contributed by atoms with E-state index in [1.54, 1.807) is 0 Å². The number of para-hydroxylation sites is 2. The minimum Gasteiger partial charge on any atom is -0.434 e. The zero-order valence-electron chi connectivity index (χ0n) is 27.6. The maximum absolute atomic E-state index is 6.79. The zero-order valence-corrected chi connectivity index (χ0v) is 27.6. The number of anilines is 3. The molecular weight excluding hydrogens is 623 g/mol. The third-order valence-corrected chi connectivity index (χ3v) is 9.77. The van der Waals surface area contributed by atoms with Crippen molar-refractivity contribution in [2.75, 3.05) is 4.90 Å². The highest BCUT2D eigenvalue weighted by molar-refractivity contribution is 6.13. The van der Waals surface area contributed by atoms with E-state index >= 15 is 0 Å². The molecule has 2 aromatic heterocycles. The summed E-state index contributed by atoms with van der Waals surface area (Å²) in [6.07, 6.45) is 0. The Kier molecular flexibility index (Phi) is 6.78. The van der Waals surface area contributed by atoms with Gasteiger partial charge in [0.25, 0.3) is 0 Å². The molecule has 0 atom stereocenters. The lowest BCUT2D eigenvalue weighted by molar-refractivity contribution is 0.620. The van der Waals surface area contributed by atoms with Crippen LogP contribution in [0.3, 0.4) is 0 Å². The molecule has 51 heavy (non-hydrogen) atoms. The summed E-state index contributed by atoms with van der Waals surface area (Å²) in [6.45, 7) is 0. The molecule has 0 fully saturated rings. The molecule has 8 aromatic carbocycles. The highest BCUT2D eigenvalue weighted by Gasteiger charge is 2.24. The van der Waals surface area contributed by atoms with E-state index in [1.165, 1.54) is 16.3 Å². The average Bonchev–Trinajstić information content (AvgIpc) is 3.80. The number of benzene rings is 8. The number of hydrogen-bond acceptors (Lipinski definition) is 3. The second-order valence-electron chi connectivity index (χ2n) is 12.8. The molecule has 0 amide bonds. The molecule has 10 aromatic rings. The van der Waals surface area contributed by atoms with E-state index in [-0.39, 0.29) is 0 Å². The number of rotatable bonds is 6. The van der Waals surface area contributed by atoms with E-state index in [0.29, 0.717) is 5.89 Å². The summed E-state index contributed by atoms with van der Waals surface area (Å²) in [5.74, 6) is 0.600. The monoisotopic (exact) mass is 653 g/mol. The fourth-order valence-corrected chi connectivity index (χ4v) is 7.44. The van der Waals surface area contributed by atoms with Crippen LogP contribution < -0.4 is 4.90 Å². The van der Waals surface area contributed by atoms with Crippen LogP contribution in [0.5, 0.6) is 0 Å². The van der Waals surface area contributed by atoms with Gasteiger partial charge in [0.15, 0.2) is 5.58 Å². The first-order chi connectivity index (χ1) is 25.3. The zero-order chi connectivity index (χ0) is 33.7. The largest absolute Gasteiger partial charge is 0.434 e. The maximum Gasteiger partial charge on any atom is 0.227 e.